The lowest BCUT2D eigenvalue weighted by atomic mass is 10.0. The van der Waals surface area contributed by atoms with Crippen LogP contribution < -0.4 is 11.1 Å². The van der Waals surface area contributed by atoms with Crippen LogP contribution in [0.3, 0.4) is 0 Å². The van der Waals surface area contributed by atoms with Crippen molar-refractivity contribution in [3.63, 3.8) is 0 Å². The fraction of sp³-hybridized carbons (Fsp3) is 0.235. The number of rotatable bonds is 4. The van der Waals surface area contributed by atoms with E-state index in [9.17, 15) is 4.79 Å². The van der Waals surface area contributed by atoms with Crippen molar-refractivity contribution >= 4 is 11.6 Å². The summed E-state index contributed by atoms with van der Waals surface area (Å²) >= 11 is 0. The first-order chi connectivity index (χ1) is 9.56. The van der Waals surface area contributed by atoms with Gasteiger partial charge < -0.3 is 11.1 Å². The predicted molar refractivity (Wildman–Crippen MR) is 82.3 cm³/mol. The summed E-state index contributed by atoms with van der Waals surface area (Å²) in [6.45, 7) is 4.53. The van der Waals surface area contributed by atoms with Gasteiger partial charge in [0.2, 0.25) is 5.91 Å². The fourth-order valence-corrected chi connectivity index (χ4v) is 2.12. The van der Waals surface area contributed by atoms with Gasteiger partial charge in [0.05, 0.1) is 6.42 Å². The number of hydrogen-bond acceptors (Lipinski definition) is 2. The number of carbonyl (C=O) groups excluding carboxylic acids is 1. The molecule has 0 aliphatic heterocycles. The number of hydrogen-bond donors (Lipinski definition) is 2. The number of benzene rings is 2. The van der Waals surface area contributed by atoms with Crippen molar-refractivity contribution < 1.29 is 4.79 Å². The van der Waals surface area contributed by atoms with Crippen molar-refractivity contribution in [3.8, 4) is 0 Å². The van der Waals surface area contributed by atoms with Gasteiger partial charge in [-0.2, -0.15) is 0 Å². The Balaban J connectivity index is 1.96. The molecule has 0 atom stereocenters. The quantitative estimate of drug-likeness (QED) is 0.838. The number of carbonyl (C=O) groups is 1. The average molecular weight is 268 g/mol. The van der Waals surface area contributed by atoms with Gasteiger partial charge >= 0.3 is 0 Å². The Hall–Kier alpha value is -2.29. The number of amides is 1. The summed E-state index contributed by atoms with van der Waals surface area (Å²) in [5.74, 6) is 0.0157. The number of nitrogens with one attached hydrogen (secondary N) is 1. The zero-order valence-electron chi connectivity index (χ0n) is 11.9. The zero-order valence-corrected chi connectivity index (χ0v) is 11.9. The maximum Gasteiger partial charge on any atom is 0.224 e. The lowest BCUT2D eigenvalue weighted by molar-refractivity contribution is -0.120. The maximum atomic E-state index is 12.0. The maximum absolute atomic E-state index is 12.0. The molecule has 3 nitrogen and oxygen atoms in total. The Kier molecular flexibility index (Phi) is 4.41. The highest BCUT2D eigenvalue weighted by Gasteiger charge is 2.07. The molecule has 0 aliphatic rings. The van der Waals surface area contributed by atoms with Gasteiger partial charge in [0, 0.05) is 12.2 Å². The topological polar surface area (TPSA) is 55.1 Å². The first-order valence-corrected chi connectivity index (χ1v) is 6.72. The van der Waals surface area contributed by atoms with Crippen molar-refractivity contribution in [1.82, 2.24) is 5.32 Å². The summed E-state index contributed by atoms with van der Waals surface area (Å²) < 4.78 is 0. The molecule has 104 valence electrons. The third kappa shape index (κ3) is 3.60. The average Bonchev–Trinajstić information content (AvgIpc) is 2.42. The monoisotopic (exact) mass is 268 g/mol. The third-order valence-electron chi connectivity index (χ3n) is 3.39. The van der Waals surface area contributed by atoms with Crippen LogP contribution in [0.15, 0.2) is 42.5 Å². The standard InChI is InChI=1S/C17H20N2O/c1-12-7-8-13(2)15(9-12)10-17(20)19-11-14-5-3-4-6-16(14)18/h3-9H,10-11,18H2,1-2H3,(H,19,20). The van der Waals surface area contributed by atoms with Crippen LogP contribution >= 0.6 is 0 Å². The molecule has 0 unspecified atom stereocenters. The molecular weight excluding hydrogens is 248 g/mol. The number of anilines is 1. The van der Waals surface area contributed by atoms with Crippen LogP contribution in [0.5, 0.6) is 0 Å². The largest absolute Gasteiger partial charge is 0.398 e. The molecule has 0 spiro atoms. The van der Waals surface area contributed by atoms with Crippen LogP contribution in [0.2, 0.25) is 0 Å². The molecule has 0 heterocycles. The Labute approximate surface area is 119 Å². The van der Waals surface area contributed by atoms with E-state index in [0.717, 1.165) is 16.7 Å². The van der Waals surface area contributed by atoms with Gasteiger partial charge in [-0.25, -0.2) is 0 Å². The fourth-order valence-electron chi connectivity index (χ4n) is 2.12. The molecule has 2 rings (SSSR count). The Morgan fingerprint density at radius 2 is 1.85 bits per heavy atom. The van der Waals surface area contributed by atoms with Crippen molar-refractivity contribution in [2.45, 2.75) is 26.8 Å². The molecule has 0 saturated carbocycles. The smallest absolute Gasteiger partial charge is 0.224 e. The summed E-state index contributed by atoms with van der Waals surface area (Å²) in [5, 5.41) is 2.92. The first-order valence-electron chi connectivity index (χ1n) is 6.72. The molecule has 0 aromatic heterocycles. The van der Waals surface area contributed by atoms with Crippen molar-refractivity contribution in [2.24, 2.45) is 0 Å². The predicted octanol–water partition coefficient (Wildman–Crippen LogP) is 2.74. The molecule has 20 heavy (non-hydrogen) atoms. The Morgan fingerprint density at radius 3 is 2.60 bits per heavy atom. The second kappa shape index (κ2) is 6.24. The summed E-state index contributed by atoms with van der Waals surface area (Å²) in [7, 11) is 0. The summed E-state index contributed by atoms with van der Waals surface area (Å²) in [6.07, 6.45) is 0.403. The highest BCUT2D eigenvalue weighted by Crippen LogP contribution is 2.12. The van der Waals surface area contributed by atoms with Crippen molar-refractivity contribution in [3.05, 3.63) is 64.7 Å². The van der Waals surface area contributed by atoms with Gasteiger partial charge in [0.25, 0.3) is 0 Å². The Bertz CT molecular complexity index is 620. The second-order valence-electron chi connectivity index (χ2n) is 5.08. The van der Waals surface area contributed by atoms with Gasteiger partial charge in [0.15, 0.2) is 0 Å². The molecule has 0 saturated heterocycles. The molecule has 2 aromatic rings. The van der Waals surface area contributed by atoms with Gasteiger partial charge in [-0.3, -0.25) is 4.79 Å². The van der Waals surface area contributed by atoms with E-state index < -0.39 is 0 Å². The van der Waals surface area contributed by atoms with E-state index in [4.69, 9.17) is 5.73 Å². The molecule has 2 aromatic carbocycles. The SMILES string of the molecule is Cc1ccc(C)c(CC(=O)NCc2ccccc2N)c1. The van der Waals surface area contributed by atoms with E-state index in [1.165, 1.54) is 5.56 Å². The highest BCUT2D eigenvalue weighted by molar-refractivity contribution is 5.79. The molecule has 0 fully saturated rings. The van der Waals surface area contributed by atoms with Crippen LogP contribution in [0, 0.1) is 13.8 Å². The Morgan fingerprint density at radius 1 is 1.10 bits per heavy atom. The summed E-state index contributed by atoms with van der Waals surface area (Å²) in [5.41, 5.74) is 10.9. The minimum atomic E-state index is 0.0157. The number of nitrogens with two attached hydrogens (primary N) is 1. The number of aryl methyl sites for hydroxylation is 2. The van der Waals surface area contributed by atoms with Crippen LogP contribution in [-0.2, 0) is 17.8 Å². The molecule has 1 amide bonds. The minimum Gasteiger partial charge on any atom is -0.398 e. The van der Waals surface area contributed by atoms with Gasteiger partial charge in [-0.15, -0.1) is 0 Å². The van der Waals surface area contributed by atoms with E-state index in [-0.39, 0.29) is 5.91 Å². The van der Waals surface area contributed by atoms with Gasteiger partial charge in [-0.1, -0.05) is 42.0 Å². The number of para-hydroxylation sites is 1. The molecular formula is C17H20N2O. The summed E-state index contributed by atoms with van der Waals surface area (Å²) in [6, 6.07) is 13.7. The van der Waals surface area contributed by atoms with Crippen LogP contribution in [0.25, 0.3) is 0 Å². The van der Waals surface area contributed by atoms with E-state index >= 15 is 0 Å². The molecule has 3 heteroatoms. The van der Waals surface area contributed by atoms with Gasteiger partial charge in [0.1, 0.15) is 0 Å². The normalized spacial score (nSPS) is 10.3. The van der Waals surface area contributed by atoms with Crippen molar-refractivity contribution in [1.29, 1.82) is 0 Å². The third-order valence-corrected chi connectivity index (χ3v) is 3.39. The van der Waals surface area contributed by atoms with Crippen molar-refractivity contribution in [2.75, 3.05) is 5.73 Å². The lowest BCUT2D eigenvalue weighted by Crippen LogP contribution is -2.25. The molecule has 3 N–H and O–H groups in total. The highest BCUT2D eigenvalue weighted by atomic mass is 16.1. The van der Waals surface area contributed by atoms with E-state index in [0.29, 0.717) is 18.7 Å². The van der Waals surface area contributed by atoms with E-state index in [1.807, 2.05) is 44.2 Å². The summed E-state index contributed by atoms with van der Waals surface area (Å²) in [4.78, 5) is 12.0. The van der Waals surface area contributed by atoms with Crippen LogP contribution in [-0.4, -0.2) is 5.91 Å². The van der Waals surface area contributed by atoms with E-state index in [1.54, 1.807) is 0 Å². The lowest BCUT2D eigenvalue weighted by Gasteiger charge is -2.09. The molecule has 0 bridgehead atoms. The zero-order chi connectivity index (χ0) is 14.5. The molecule has 0 aliphatic carbocycles. The van der Waals surface area contributed by atoms with Gasteiger partial charge in [-0.05, 0) is 36.6 Å². The minimum absolute atomic E-state index is 0.0157. The molecule has 0 radical (unpaired) electrons. The van der Waals surface area contributed by atoms with E-state index in [2.05, 4.69) is 17.4 Å². The van der Waals surface area contributed by atoms with Crippen LogP contribution in [0.4, 0.5) is 5.69 Å². The first kappa shape index (κ1) is 14.1. The van der Waals surface area contributed by atoms with Crippen LogP contribution in [0.1, 0.15) is 22.3 Å². The number of nitrogen functional groups attached to an aromatic ring is 1. The second-order valence-corrected chi connectivity index (χ2v) is 5.08.